The van der Waals surface area contributed by atoms with Gasteiger partial charge in [0.25, 0.3) is 0 Å². The lowest BCUT2D eigenvalue weighted by Gasteiger charge is -2.00. The Bertz CT molecular complexity index is 902. The van der Waals surface area contributed by atoms with Gasteiger partial charge in [-0.25, -0.2) is 4.98 Å². The van der Waals surface area contributed by atoms with Crippen LogP contribution in [-0.2, 0) is 0 Å². The molecule has 3 aromatic rings. The molecule has 0 N–H and O–H groups in total. The fourth-order valence-corrected chi connectivity index (χ4v) is 3.26. The number of hydrogen-bond donors (Lipinski definition) is 0. The number of aryl methyl sites for hydroxylation is 1. The Morgan fingerprint density at radius 2 is 1.91 bits per heavy atom. The van der Waals surface area contributed by atoms with Crippen molar-refractivity contribution in [2.24, 2.45) is 0 Å². The minimum Gasteiger partial charge on any atom is -0.235 e. The number of thiazole rings is 1. The van der Waals surface area contributed by atoms with Crippen molar-refractivity contribution in [2.75, 3.05) is 0 Å². The van der Waals surface area contributed by atoms with Crippen LogP contribution in [0.1, 0.15) is 16.1 Å². The van der Waals surface area contributed by atoms with E-state index in [1.165, 1.54) is 11.3 Å². The van der Waals surface area contributed by atoms with E-state index < -0.39 is 0 Å². The fraction of sp³-hybridized carbons (Fsp3) is 0.0526. The van der Waals surface area contributed by atoms with Gasteiger partial charge in [0.05, 0.1) is 11.3 Å². The first-order chi connectivity index (χ1) is 11.2. The van der Waals surface area contributed by atoms with Crippen molar-refractivity contribution < 1.29 is 0 Å². The lowest BCUT2D eigenvalue weighted by molar-refractivity contribution is 1.37. The second-order valence-electron chi connectivity index (χ2n) is 5.07. The van der Waals surface area contributed by atoms with Gasteiger partial charge < -0.3 is 0 Å². The SMILES string of the molecule is Cc1ccccc1C=C(C#N)c1nc(-c2ccc(Br)cc2)cs1. The summed E-state index contributed by atoms with van der Waals surface area (Å²) in [4.78, 5) is 4.62. The van der Waals surface area contributed by atoms with Crippen LogP contribution in [0.15, 0.2) is 58.4 Å². The van der Waals surface area contributed by atoms with Crippen molar-refractivity contribution in [1.29, 1.82) is 5.26 Å². The molecule has 112 valence electrons. The second-order valence-corrected chi connectivity index (χ2v) is 6.84. The van der Waals surface area contributed by atoms with Crippen LogP contribution in [-0.4, -0.2) is 4.98 Å². The summed E-state index contributed by atoms with van der Waals surface area (Å²) in [6, 6.07) is 18.3. The van der Waals surface area contributed by atoms with Crippen molar-refractivity contribution in [3.05, 3.63) is 74.5 Å². The highest BCUT2D eigenvalue weighted by molar-refractivity contribution is 9.10. The van der Waals surface area contributed by atoms with Gasteiger partial charge in [-0.15, -0.1) is 11.3 Å². The van der Waals surface area contributed by atoms with Gasteiger partial charge in [-0.3, -0.25) is 0 Å². The van der Waals surface area contributed by atoms with Gasteiger partial charge in [0.2, 0.25) is 0 Å². The zero-order chi connectivity index (χ0) is 16.2. The van der Waals surface area contributed by atoms with E-state index in [0.29, 0.717) is 5.57 Å². The van der Waals surface area contributed by atoms with Crippen molar-refractivity contribution in [2.45, 2.75) is 6.92 Å². The largest absolute Gasteiger partial charge is 0.235 e. The van der Waals surface area contributed by atoms with Crippen molar-refractivity contribution >= 4 is 38.9 Å². The summed E-state index contributed by atoms with van der Waals surface area (Å²) in [6.45, 7) is 2.04. The molecule has 3 rings (SSSR count). The van der Waals surface area contributed by atoms with Crippen molar-refractivity contribution in [1.82, 2.24) is 4.98 Å². The molecule has 0 aliphatic rings. The summed E-state index contributed by atoms with van der Waals surface area (Å²) in [5, 5.41) is 12.2. The molecule has 0 spiro atoms. The molecule has 23 heavy (non-hydrogen) atoms. The number of allylic oxidation sites excluding steroid dienone is 1. The highest BCUT2D eigenvalue weighted by Gasteiger charge is 2.09. The summed E-state index contributed by atoms with van der Waals surface area (Å²) in [5.41, 5.74) is 4.72. The van der Waals surface area contributed by atoms with E-state index in [0.717, 1.165) is 31.9 Å². The maximum Gasteiger partial charge on any atom is 0.134 e. The molecule has 1 aromatic heterocycles. The van der Waals surface area contributed by atoms with Crippen LogP contribution in [0.5, 0.6) is 0 Å². The first-order valence-electron chi connectivity index (χ1n) is 7.06. The third-order valence-corrected chi connectivity index (χ3v) is 4.89. The number of aromatic nitrogens is 1. The van der Waals surface area contributed by atoms with Crippen LogP contribution >= 0.6 is 27.3 Å². The Morgan fingerprint density at radius 1 is 1.17 bits per heavy atom. The molecule has 0 amide bonds. The molecule has 0 radical (unpaired) electrons. The molecule has 2 aromatic carbocycles. The maximum absolute atomic E-state index is 9.49. The molecule has 0 atom stereocenters. The smallest absolute Gasteiger partial charge is 0.134 e. The Morgan fingerprint density at radius 3 is 2.61 bits per heavy atom. The van der Waals surface area contributed by atoms with E-state index in [9.17, 15) is 5.26 Å². The van der Waals surface area contributed by atoms with Crippen LogP contribution in [0, 0.1) is 18.3 Å². The molecule has 4 heteroatoms. The number of benzene rings is 2. The van der Waals surface area contributed by atoms with Gasteiger partial charge in [0, 0.05) is 15.4 Å². The van der Waals surface area contributed by atoms with Gasteiger partial charge in [0.15, 0.2) is 0 Å². The summed E-state index contributed by atoms with van der Waals surface area (Å²) in [6.07, 6.45) is 1.90. The van der Waals surface area contributed by atoms with Crippen molar-refractivity contribution in [3.63, 3.8) is 0 Å². The highest BCUT2D eigenvalue weighted by atomic mass is 79.9. The third-order valence-electron chi connectivity index (χ3n) is 3.48. The maximum atomic E-state index is 9.49. The number of halogens is 1. The second kappa shape index (κ2) is 6.91. The van der Waals surface area contributed by atoms with E-state index >= 15 is 0 Å². The molecule has 0 saturated carbocycles. The number of nitrogens with zero attached hydrogens (tertiary/aromatic N) is 2. The van der Waals surface area contributed by atoms with E-state index in [1.807, 2.05) is 66.9 Å². The highest BCUT2D eigenvalue weighted by Crippen LogP contribution is 2.28. The average Bonchev–Trinajstić information content (AvgIpc) is 3.04. The monoisotopic (exact) mass is 380 g/mol. The van der Waals surface area contributed by atoms with E-state index in [4.69, 9.17) is 0 Å². The van der Waals surface area contributed by atoms with Gasteiger partial charge in [-0.1, -0.05) is 52.3 Å². The van der Waals surface area contributed by atoms with Crippen LogP contribution in [0.2, 0.25) is 0 Å². The third kappa shape index (κ3) is 3.58. The lowest BCUT2D eigenvalue weighted by Crippen LogP contribution is -1.84. The first-order valence-corrected chi connectivity index (χ1v) is 8.74. The summed E-state index contributed by atoms with van der Waals surface area (Å²) in [7, 11) is 0. The molecule has 0 unspecified atom stereocenters. The van der Waals surface area contributed by atoms with Crippen LogP contribution in [0.25, 0.3) is 22.9 Å². The molecule has 0 aliphatic carbocycles. The molecule has 1 heterocycles. The Balaban J connectivity index is 1.96. The minimum atomic E-state index is 0.590. The zero-order valence-corrected chi connectivity index (χ0v) is 14.9. The Hall–Kier alpha value is -2.22. The minimum absolute atomic E-state index is 0.590. The van der Waals surface area contributed by atoms with E-state index in [-0.39, 0.29) is 0 Å². The zero-order valence-electron chi connectivity index (χ0n) is 12.5. The quantitative estimate of drug-likeness (QED) is 0.526. The normalized spacial score (nSPS) is 11.3. The van der Waals surface area contributed by atoms with E-state index in [2.05, 4.69) is 27.0 Å². The Kier molecular flexibility index (Phi) is 4.71. The number of hydrogen-bond acceptors (Lipinski definition) is 3. The molecule has 0 saturated heterocycles. The van der Waals surface area contributed by atoms with E-state index in [1.54, 1.807) is 0 Å². The predicted octanol–water partition coefficient (Wildman–Crippen LogP) is 5.95. The summed E-state index contributed by atoms with van der Waals surface area (Å²) < 4.78 is 1.04. The fourth-order valence-electron chi connectivity index (χ4n) is 2.20. The number of nitriles is 1. The number of rotatable bonds is 3. The topological polar surface area (TPSA) is 36.7 Å². The first kappa shape index (κ1) is 15.7. The van der Waals surface area contributed by atoms with Crippen LogP contribution < -0.4 is 0 Å². The van der Waals surface area contributed by atoms with Gasteiger partial charge >= 0.3 is 0 Å². The summed E-state index contributed by atoms with van der Waals surface area (Å²) in [5.74, 6) is 0. The average molecular weight is 381 g/mol. The molecular formula is C19H13BrN2S. The lowest BCUT2D eigenvalue weighted by atomic mass is 10.1. The molecule has 0 aliphatic heterocycles. The molecular weight excluding hydrogens is 368 g/mol. The van der Waals surface area contributed by atoms with Crippen molar-refractivity contribution in [3.8, 4) is 17.3 Å². The Labute approximate surface area is 147 Å². The van der Waals surface area contributed by atoms with Crippen LogP contribution in [0.4, 0.5) is 0 Å². The summed E-state index contributed by atoms with van der Waals surface area (Å²) >= 11 is 4.92. The van der Waals surface area contributed by atoms with Gasteiger partial charge in [-0.2, -0.15) is 5.26 Å². The molecule has 0 fully saturated rings. The molecule has 2 nitrogen and oxygen atoms in total. The molecule has 0 bridgehead atoms. The van der Waals surface area contributed by atoms with Crippen LogP contribution in [0.3, 0.4) is 0 Å². The standard InChI is InChI=1S/C19H13BrN2S/c1-13-4-2-3-5-15(13)10-16(11-21)19-22-18(12-23-19)14-6-8-17(20)9-7-14/h2-10,12H,1H3. The van der Waals surface area contributed by atoms with Gasteiger partial charge in [0.1, 0.15) is 11.1 Å². The predicted molar refractivity (Wildman–Crippen MR) is 99.9 cm³/mol. The van der Waals surface area contributed by atoms with Gasteiger partial charge in [-0.05, 0) is 36.3 Å².